The van der Waals surface area contributed by atoms with Crippen molar-refractivity contribution < 1.29 is 0 Å². The first-order valence-corrected chi connectivity index (χ1v) is 7.42. The molecule has 1 aromatic carbocycles. The van der Waals surface area contributed by atoms with Crippen LogP contribution < -0.4 is 5.73 Å². The standard InChI is InChI=1S/C17H18ClN3/c1-11-3-5-13(6-4-11)16-17(12(2)9-19)21-10-14(18)7-8-15(21)20-16/h3-8,10,12H,9,19H2,1-2H3. The number of pyridine rings is 1. The first kappa shape index (κ1) is 14.1. The van der Waals surface area contributed by atoms with Crippen LogP contribution in [0.25, 0.3) is 16.9 Å². The molecule has 0 bridgehead atoms. The number of hydrogen-bond acceptors (Lipinski definition) is 2. The van der Waals surface area contributed by atoms with E-state index in [-0.39, 0.29) is 5.92 Å². The zero-order valence-electron chi connectivity index (χ0n) is 12.2. The van der Waals surface area contributed by atoms with Crippen LogP contribution in [0.15, 0.2) is 42.6 Å². The van der Waals surface area contributed by atoms with Crippen molar-refractivity contribution in [2.45, 2.75) is 19.8 Å². The molecule has 0 aliphatic rings. The highest BCUT2D eigenvalue weighted by Gasteiger charge is 2.18. The van der Waals surface area contributed by atoms with Gasteiger partial charge in [-0.15, -0.1) is 0 Å². The molecule has 0 radical (unpaired) electrons. The van der Waals surface area contributed by atoms with Gasteiger partial charge in [-0.05, 0) is 19.1 Å². The van der Waals surface area contributed by atoms with Crippen molar-refractivity contribution in [3.05, 3.63) is 58.9 Å². The van der Waals surface area contributed by atoms with E-state index in [1.165, 1.54) is 5.56 Å². The molecule has 2 aromatic heterocycles. The van der Waals surface area contributed by atoms with Crippen LogP contribution >= 0.6 is 11.6 Å². The quantitative estimate of drug-likeness (QED) is 0.793. The first-order chi connectivity index (χ1) is 10.1. The lowest BCUT2D eigenvalue weighted by molar-refractivity contribution is 0.738. The van der Waals surface area contributed by atoms with Crippen LogP contribution in [-0.2, 0) is 0 Å². The molecule has 3 rings (SSSR count). The molecule has 0 amide bonds. The summed E-state index contributed by atoms with van der Waals surface area (Å²) >= 11 is 6.13. The van der Waals surface area contributed by atoms with Crippen molar-refractivity contribution >= 4 is 17.2 Å². The van der Waals surface area contributed by atoms with Crippen molar-refractivity contribution in [2.24, 2.45) is 5.73 Å². The average Bonchev–Trinajstić information content (AvgIpc) is 2.85. The van der Waals surface area contributed by atoms with Gasteiger partial charge in [0.1, 0.15) is 5.65 Å². The second kappa shape index (κ2) is 5.51. The van der Waals surface area contributed by atoms with E-state index in [2.05, 4.69) is 42.5 Å². The second-order valence-electron chi connectivity index (χ2n) is 5.42. The number of fused-ring (bicyclic) bond motifs is 1. The Balaban J connectivity index is 2.28. The minimum atomic E-state index is 0.203. The summed E-state index contributed by atoms with van der Waals surface area (Å²) in [4.78, 5) is 4.77. The monoisotopic (exact) mass is 299 g/mol. The molecule has 0 saturated heterocycles. The van der Waals surface area contributed by atoms with Crippen LogP contribution in [0.5, 0.6) is 0 Å². The van der Waals surface area contributed by atoms with Gasteiger partial charge in [0, 0.05) is 24.2 Å². The van der Waals surface area contributed by atoms with E-state index in [0.717, 1.165) is 22.6 Å². The van der Waals surface area contributed by atoms with Crippen molar-refractivity contribution in [2.75, 3.05) is 6.54 Å². The van der Waals surface area contributed by atoms with E-state index < -0.39 is 0 Å². The second-order valence-corrected chi connectivity index (χ2v) is 5.86. The Hall–Kier alpha value is -1.84. The van der Waals surface area contributed by atoms with Gasteiger partial charge >= 0.3 is 0 Å². The number of aryl methyl sites for hydroxylation is 1. The molecule has 1 unspecified atom stereocenters. The Morgan fingerprint density at radius 1 is 1.19 bits per heavy atom. The highest BCUT2D eigenvalue weighted by Crippen LogP contribution is 2.30. The number of halogens is 1. The van der Waals surface area contributed by atoms with E-state index in [1.807, 2.05) is 18.3 Å². The fraction of sp³-hybridized carbons (Fsp3) is 0.235. The minimum absolute atomic E-state index is 0.203. The van der Waals surface area contributed by atoms with Crippen molar-refractivity contribution in [1.82, 2.24) is 9.38 Å². The van der Waals surface area contributed by atoms with Gasteiger partial charge in [-0.2, -0.15) is 0 Å². The molecule has 0 spiro atoms. The molecule has 0 aliphatic heterocycles. The fourth-order valence-electron chi connectivity index (χ4n) is 2.54. The maximum Gasteiger partial charge on any atom is 0.137 e. The Morgan fingerprint density at radius 3 is 2.57 bits per heavy atom. The van der Waals surface area contributed by atoms with E-state index in [0.29, 0.717) is 11.6 Å². The van der Waals surface area contributed by atoms with E-state index in [1.54, 1.807) is 0 Å². The molecule has 3 aromatic rings. The van der Waals surface area contributed by atoms with Crippen molar-refractivity contribution in [3.63, 3.8) is 0 Å². The van der Waals surface area contributed by atoms with E-state index in [9.17, 15) is 0 Å². The number of imidazole rings is 1. The summed E-state index contributed by atoms with van der Waals surface area (Å²) in [6.45, 7) is 4.76. The van der Waals surface area contributed by atoms with Gasteiger partial charge in [0.2, 0.25) is 0 Å². The Kier molecular flexibility index (Phi) is 3.70. The maximum absolute atomic E-state index is 6.13. The van der Waals surface area contributed by atoms with Crippen molar-refractivity contribution in [1.29, 1.82) is 0 Å². The topological polar surface area (TPSA) is 43.3 Å². The maximum atomic E-state index is 6.13. The van der Waals surface area contributed by atoms with Crippen LogP contribution in [0.2, 0.25) is 5.02 Å². The van der Waals surface area contributed by atoms with Gasteiger partial charge < -0.3 is 10.1 Å². The summed E-state index contributed by atoms with van der Waals surface area (Å²) in [5.41, 5.74) is 11.2. The summed E-state index contributed by atoms with van der Waals surface area (Å²) in [5.74, 6) is 0.203. The average molecular weight is 300 g/mol. The van der Waals surface area contributed by atoms with Gasteiger partial charge in [0.25, 0.3) is 0 Å². The van der Waals surface area contributed by atoms with Gasteiger partial charge in [0.05, 0.1) is 16.4 Å². The summed E-state index contributed by atoms with van der Waals surface area (Å²) in [6, 6.07) is 12.2. The largest absolute Gasteiger partial charge is 0.330 e. The Bertz CT molecular complexity index is 775. The molecule has 2 heterocycles. The van der Waals surface area contributed by atoms with E-state index in [4.69, 9.17) is 22.3 Å². The lowest BCUT2D eigenvalue weighted by atomic mass is 10.0. The smallest absolute Gasteiger partial charge is 0.137 e. The van der Waals surface area contributed by atoms with Gasteiger partial charge in [0.15, 0.2) is 0 Å². The van der Waals surface area contributed by atoms with Crippen molar-refractivity contribution in [3.8, 4) is 11.3 Å². The fourth-order valence-corrected chi connectivity index (χ4v) is 2.70. The van der Waals surface area contributed by atoms with Crippen LogP contribution in [-0.4, -0.2) is 15.9 Å². The normalized spacial score (nSPS) is 12.8. The van der Waals surface area contributed by atoms with Gasteiger partial charge in [-0.25, -0.2) is 4.98 Å². The predicted molar refractivity (Wildman–Crippen MR) is 87.8 cm³/mol. The highest BCUT2D eigenvalue weighted by molar-refractivity contribution is 6.30. The summed E-state index contributed by atoms with van der Waals surface area (Å²) in [6.07, 6.45) is 1.91. The molecule has 4 heteroatoms. The minimum Gasteiger partial charge on any atom is -0.330 e. The number of hydrogen-bond donors (Lipinski definition) is 1. The number of benzene rings is 1. The summed E-state index contributed by atoms with van der Waals surface area (Å²) in [5, 5.41) is 0.695. The number of aromatic nitrogens is 2. The predicted octanol–water partition coefficient (Wildman–Crippen LogP) is 4.03. The Morgan fingerprint density at radius 2 is 1.90 bits per heavy atom. The van der Waals surface area contributed by atoms with Crippen LogP contribution in [0.3, 0.4) is 0 Å². The Labute approximate surface area is 129 Å². The van der Waals surface area contributed by atoms with E-state index >= 15 is 0 Å². The highest BCUT2D eigenvalue weighted by atomic mass is 35.5. The molecule has 1 atom stereocenters. The summed E-state index contributed by atoms with van der Waals surface area (Å²) < 4.78 is 2.05. The number of rotatable bonds is 3. The van der Waals surface area contributed by atoms with Gasteiger partial charge in [-0.1, -0.05) is 48.4 Å². The molecule has 3 nitrogen and oxygen atoms in total. The van der Waals surface area contributed by atoms with Crippen LogP contribution in [0.1, 0.15) is 24.1 Å². The molecule has 0 fully saturated rings. The summed E-state index contributed by atoms with van der Waals surface area (Å²) in [7, 11) is 0. The lowest BCUT2D eigenvalue weighted by Crippen LogP contribution is -2.12. The molecular weight excluding hydrogens is 282 g/mol. The zero-order chi connectivity index (χ0) is 15.0. The third kappa shape index (κ3) is 2.55. The molecule has 0 aliphatic carbocycles. The SMILES string of the molecule is Cc1ccc(-c2nc3ccc(Cl)cn3c2C(C)CN)cc1. The molecular formula is C17H18ClN3. The van der Waals surface area contributed by atoms with Crippen LogP contribution in [0, 0.1) is 6.92 Å². The third-order valence-corrected chi connectivity index (χ3v) is 3.99. The first-order valence-electron chi connectivity index (χ1n) is 7.04. The zero-order valence-corrected chi connectivity index (χ0v) is 12.9. The lowest BCUT2D eigenvalue weighted by Gasteiger charge is -2.11. The molecule has 2 N–H and O–H groups in total. The molecule has 108 valence electrons. The number of nitrogens with zero attached hydrogens (tertiary/aromatic N) is 2. The van der Waals surface area contributed by atoms with Crippen LogP contribution in [0.4, 0.5) is 0 Å². The number of nitrogens with two attached hydrogens (primary N) is 1. The molecule has 21 heavy (non-hydrogen) atoms. The third-order valence-electron chi connectivity index (χ3n) is 3.76. The molecule has 0 saturated carbocycles. The van der Waals surface area contributed by atoms with Gasteiger partial charge in [-0.3, -0.25) is 0 Å².